The van der Waals surface area contributed by atoms with Gasteiger partial charge in [0.15, 0.2) is 0 Å². The van der Waals surface area contributed by atoms with Crippen LogP contribution < -0.4 is 20.7 Å². The number of amides is 3. The van der Waals surface area contributed by atoms with Crippen LogP contribution in [0.1, 0.15) is 44.9 Å². The van der Waals surface area contributed by atoms with Gasteiger partial charge in [-0.3, -0.25) is 4.79 Å². The first-order valence-electron chi connectivity index (χ1n) is 9.01. The molecule has 0 aliphatic heterocycles. The van der Waals surface area contributed by atoms with E-state index >= 15 is 0 Å². The summed E-state index contributed by atoms with van der Waals surface area (Å²) in [6, 6.07) is 14.6. The van der Waals surface area contributed by atoms with E-state index in [4.69, 9.17) is 4.74 Å². The number of carbonyl (C=O) groups excluding carboxylic acids is 2. The number of carbonyl (C=O) groups is 2. The maximum atomic E-state index is 12.2. The Morgan fingerprint density at radius 2 is 1.74 bits per heavy atom. The van der Waals surface area contributed by atoms with Crippen LogP contribution in [0.4, 0.5) is 10.5 Å². The molecule has 3 N–H and O–H groups in total. The van der Waals surface area contributed by atoms with E-state index in [9.17, 15) is 9.59 Å². The monoisotopic (exact) mass is 369 g/mol. The van der Waals surface area contributed by atoms with Crippen molar-refractivity contribution in [1.82, 2.24) is 10.6 Å². The van der Waals surface area contributed by atoms with Crippen molar-refractivity contribution in [3.63, 3.8) is 0 Å². The van der Waals surface area contributed by atoms with Gasteiger partial charge in [0.05, 0.1) is 12.1 Å². The van der Waals surface area contributed by atoms with Crippen LogP contribution in [0.15, 0.2) is 48.5 Å². The summed E-state index contributed by atoms with van der Waals surface area (Å²) in [6.45, 7) is 7.74. The highest BCUT2D eigenvalue weighted by molar-refractivity contribution is 5.88. The Labute approximate surface area is 160 Å². The van der Waals surface area contributed by atoms with Gasteiger partial charge < -0.3 is 20.7 Å². The molecule has 2 aromatic carbocycles. The number of rotatable bonds is 7. The molecule has 144 valence electrons. The Hall–Kier alpha value is -3.02. The van der Waals surface area contributed by atoms with Crippen LogP contribution in [-0.4, -0.2) is 18.0 Å². The molecule has 3 amide bonds. The van der Waals surface area contributed by atoms with Crippen molar-refractivity contribution in [2.45, 2.75) is 46.4 Å². The van der Waals surface area contributed by atoms with Crippen LogP contribution in [-0.2, 0) is 11.3 Å². The first-order valence-corrected chi connectivity index (χ1v) is 9.01. The van der Waals surface area contributed by atoms with Crippen molar-refractivity contribution in [1.29, 1.82) is 0 Å². The highest BCUT2D eigenvalue weighted by Crippen LogP contribution is 2.17. The maximum absolute atomic E-state index is 12.2. The first kappa shape index (κ1) is 20.3. The molecular formula is C21H27N3O3. The van der Waals surface area contributed by atoms with Crippen molar-refractivity contribution in [2.24, 2.45) is 0 Å². The molecule has 0 radical (unpaired) electrons. The van der Waals surface area contributed by atoms with Crippen LogP contribution in [0.2, 0.25) is 0 Å². The van der Waals surface area contributed by atoms with Gasteiger partial charge in [0.2, 0.25) is 5.91 Å². The number of urea groups is 1. The fourth-order valence-corrected chi connectivity index (χ4v) is 2.56. The SMILES string of the molecule is CC(=O)Nc1cccc(C(C)NC(=O)NCc2ccc(OC(C)C)cc2)c1. The molecule has 1 unspecified atom stereocenters. The summed E-state index contributed by atoms with van der Waals surface area (Å²) in [5.74, 6) is 0.682. The molecular weight excluding hydrogens is 342 g/mol. The van der Waals surface area contributed by atoms with Gasteiger partial charge in [-0.05, 0) is 56.2 Å². The molecule has 0 aromatic heterocycles. The molecule has 2 aromatic rings. The molecule has 0 aliphatic rings. The van der Waals surface area contributed by atoms with E-state index in [0.29, 0.717) is 12.2 Å². The third-order valence-corrected chi connectivity index (χ3v) is 3.80. The van der Waals surface area contributed by atoms with E-state index in [1.54, 1.807) is 0 Å². The minimum Gasteiger partial charge on any atom is -0.491 e. The van der Waals surface area contributed by atoms with Crippen LogP contribution in [0, 0.1) is 0 Å². The minimum atomic E-state index is -0.255. The standard InChI is InChI=1S/C21H27N3O3/c1-14(2)27-20-10-8-17(9-11-20)13-22-21(26)23-15(3)18-6-5-7-19(12-18)24-16(4)25/h5-12,14-15H,13H2,1-4H3,(H,24,25)(H2,22,23,26). The number of anilines is 1. The van der Waals surface area contributed by atoms with Gasteiger partial charge in [0.25, 0.3) is 0 Å². The summed E-state index contributed by atoms with van der Waals surface area (Å²) in [4.78, 5) is 23.3. The normalized spacial score (nSPS) is 11.6. The zero-order chi connectivity index (χ0) is 19.8. The van der Waals surface area contributed by atoms with Gasteiger partial charge in [-0.1, -0.05) is 24.3 Å². The first-order chi connectivity index (χ1) is 12.8. The zero-order valence-corrected chi connectivity index (χ0v) is 16.2. The summed E-state index contributed by atoms with van der Waals surface area (Å²) in [7, 11) is 0. The van der Waals surface area contributed by atoms with E-state index in [2.05, 4.69) is 16.0 Å². The molecule has 27 heavy (non-hydrogen) atoms. The molecule has 6 heteroatoms. The molecule has 0 fully saturated rings. The van der Waals surface area contributed by atoms with E-state index in [1.165, 1.54) is 6.92 Å². The second-order valence-corrected chi connectivity index (χ2v) is 6.67. The summed E-state index contributed by atoms with van der Waals surface area (Å²) in [5, 5.41) is 8.48. The summed E-state index contributed by atoms with van der Waals surface area (Å²) < 4.78 is 5.60. The second-order valence-electron chi connectivity index (χ2n) is 6.67. The number of hydrogen-bond donors (Lipinski definition) is 3. The highest BCUT2D eigenvalue weighted by Gasteiger charge is 2.10. The van der Waals surface area contributed by atoms with Gasteiger partial charge in [0.1, 0.15) is 5.75 Å². The quantitative estimate of drug-likeness (QED) is 0.690. The molecule has 1 atom stereocenters. The van der Waals surface area contributed by atoms with Gasteiger partial charge >= 0.3 is 6.03 Å². The zero-order valence-electron chi connectivity index (χ0n) is 16.2. The van der Waals surface area contributed by atoms with Gasteiger partial charge in [0, 0.05) is 19.2 Å². The predicted octanol–water partition coefficient (Wildman–Crippen LogP) is 3.99. The predicted molar refractivity (Wildman–Crippen MR) is 107 cm³/mol. The molecule has 6 nitrogen and oxygen atoms in total. The van der Waals surface area contributed by atoms with Gasteiger partial charge in [-0.2, -0.15) is 0 Å². The third-order valence-electron chi connectivity index (χ3n) is 3.80. The lowest BCUT2D eigenvalue weighted by Crippen LogP contribution is -2.36. The molecule has 0 bridgehead atoms. The van der Waals surface area contributed by atoms with E-state index < -0.39 is 0 Å². The van der Waals surface area contributed by atoms with Gasteiger partial charge in [-0.15, -0.1) is 0 Å². The Balaban J connectivity index is 1.85. The van der Waals surface area contributed by atoms with Crippen molar-refractivity contribution in [2.75, 3.05) is 5.32 Å². The molecule has 0 aliphatic carbocycles. The summed E-state index contributed by atoms with van der Waals surface area (Å²) in [5.41, 5.74) is 2.60. The van der Waals surface area contributed by atoms with Crippen LogP contribution in [0.5, 0.6) is 5.75 Å². The Morgan fingerprint density at radius 1 is 1.04 bits per heavy atom. The lowest BCUT2D eigenvalue weighted by molar-refractivity contribution is -0.114. The highest BCUT2D eigenvalue weighted by atomic mass is 16.5. The minimum absolute atomic E-state index is 0.129. The fraction of sp³-hybridized carbons (Fsp3) is 0.333. The molecule has 0 saturated carbocycles. The van der Waals surface area contributed by atoms with E-state index in [0.717, 1.165) is 16.9 Å². The summed E-state index contributed by atoms with van der Waals surface area (Å²) >= 11 is 0. The smallest absolute Gasteiger partial charge is 0.315 e. The Kier molecular flexibility index (Phi) is 7.23. The topological polar surface area (TPSA) is 79.5 Å². The number of benzene rings is 2. The third kappa shape index (κ3) is 7.01. The van der Waals surface area contributed by atoms with Crippen LogP contribution >= 0.6 is 0 Å². The van der Waals surface area contributed by atoms with E-state index in [1.807, 2.05) is 69.3 Å². The van der Waals surface area contributed by atoms with Crippen LogP contribution in [0.3, 0.4) is 0 Å². The number of ether oxygens (including phenoxy) is 1. The van der Waals surface area contributed by atoms with Crippen molar-refractivity contribution < 1.29 is 14.3 Å². The largest absolute Gasteiger partial charge is 0.491 e. The lowest BCUT2D eigenvalue weighted by atomic mass is 10.1. The van der Waals surface area contributed by atoms with Crippen molar-refractivity contribution in [3.05, 3.63) is 59.7 Å². The Bertz CT molecular complexity index is 772. The molecule has 0 heterocycles. The average molecular weight is 369 g/mol. The molecule has 0 spiro atoms. The van der Waals surface area contributed by atoms with Crippen LogP contribution in [0.25, 0.3) is 0 Å². The molecule has 2 rings (SSSR count). The molecule has 0 saturated heterocycles. The fourth-order valence-electron chi connectivity index (χ4n) is 2.56. The van der Waals surface area contributed by atoms with Gasteiger partial charge in [-0.25, -0.2) is 4.79 Å². The average Bonchev–Trinajstić information content (AvgIpc) is 2.60. The van der Waals surface area contributed by atoms with Crippen molar-refractivity contribution in [3.8, 4) is 5.75 Å². The van der Waals surface area contributed by atoms with Crippen molar-refractivity contribution >= 4 is 17.6 Å². The van der Waals surface area contributed by atoms with E-state index in [-0.39, 0.29) is 24.1 Å². The second kappa shape index (κ2) is 9.62. The lowest BCUT2D eigenvalue weighted by Gasteiger charge is -2.16. The number of nitrogens with one attached hydrogen (secondary N) is 3. The number of hydrogen-bond acceptors (Lipinski definition) is 3. The summed E-state index contributed by atoms with van der Waals surface area (Å²) in [6.07, 6.45) is 0.130. The maximum Gasteiger partial charge on any atom is 0.315 e. The Morgan fingerprint density at radius 3 is 2.37 bits per heavy atom.